The highest BCUT2D eigenvalue weighted by Gasteiger charge is 2.22. The smallest absolute Gasteiger partial charge is 0.266 e. The van der Waals surface area contributed by atoms with Gasteiger partial charge in [-0.25, -0.2) is 17.2 Å². The summed E-state index contributed by atoms with van der Waals surface area (Å²) in [6.07, 6.45) is 1.59. The quantitative estimate of drug-likeness (QED) is 0.943. The molecule has 0 aliphatic carbocycles. The van der Waals surface area contributed by atoms with Gasteiger partial charge in [0.25, 0.3) is 10.0 Å². The summed E-state index contributed by atoms with van der Waals surface area (Å²) >= 11 is 0. The molecule has 0 bridgehead atoms. The third kappa shape index (κ3) is 3.21. The number of nitrogens with zero attached hydrogens (tertiary/aromatic N) is 2. The molecule has 0 saturated carbocycles. The van der Waals surface area contributed by atoms with Gasteiger partial charge in [0.05, 0.1) is 0 Å². The minimum Gasteiger partial charge on any atom is -0.268 e. The summed E-state index contributed by atoms with van der Waals surface area (Å²) in [6.45, 7) is 5.10. The fourth-order valence-corrected chi connectivity index (χ4v) is 2.78. The van der Waals surface area contributed by atoms with E-state index in [9.17, 15) is 17.2 Å². The molecule has 5 nitrogen and oxygen atoms in total. The van der Waals surface area contributed by atoms with Crippen molar-refractivity contribution >= 4 is 15.8 Å². The van der Waals surface area contributed by atoms with Crippen LogP contribution < -0.4 is 4.72 Å². The van der Waals surface area contributed by atoms with Crippen LogP contribution in [0.4, 0.5) is 14.6 Å². The molecular weight excluding hydrogens is 300 g/mol. The summed E-state index contributed by atoms with van der Waals surface area (Å²) in [5.74, 6) is -1.75. The van der Waals surface area contributed by atoms with Crippen LogP contribution in [0.3, 0.4) is 0 Å². The first-order valence-corrected chi connectivity index (χ1v) is 7.72. The minimum atomic E-state index is -4.24. The van der Waals surface area contributed by atoms with E-state index in [1.165, 1.54) is 13.0 Å². The molecule has 0 saturated heterocycles. The molecule has 1 N–H and O–H groups in total. The van der Waals surface area contributed by atoms with Crippen molar-refractivity contribution in [1.29, 1.82) is 0 Å². The van der Waals surface area contributed by atoms with Gasteiger partial charge in [0.1, 0.15) is 16.5 Å². The van der Waals surface area contributed by atoms with Crippen LogP contribution >= 0.6 is 0 Å². The molecule has 1 aromatic carbocycles. The molecule has 1 aromatic heterocycles. The molecule has 0 radical (unpaired) electrons. The number of hydrogen-bond acceptors (Lipinski definition) is 3. The van der Waals surface area contributed by atoms with E-state index in [0.717, 1.165) is 6.07 Å². The summed E-state index contributed by atoms with van der Waals surface area (Å²) in [4.78, 5) is -0.746. The Labute approximate surface area is 121 Å². The first-order chi connectivity index (χ1) is 9.70. The first kappa shape index (κ1) is 15.4. The molecule has 0 aliphatic heterocycles. The summed E-state index contributed by atoms with van der Waals surface area (Å²) in [7, 11) is -4.24. The van der Waals surface area contributed by atoms with Crippen molar-refractivity contribution < 1.29 is 17.2 Å². The number of nitrogens with one attached hydrogen (secondary N) is 1. The number of anilines is 1. The minimum absolute atomic E-state index is 0.0375. The molecular formula is C13H15F2N3O2S. The van der Waals surface area contributed by atoms with Crippen LogP contribution in [0.2, 0.25) is 0 Å². The van der Waals surface area contributed by atoms with Crippen molar-refractivity contribution in [3.05, 3.63) is 41.6 Å². The van der Waals surface area contributed by atoms with Gasteiger partial charge in [0.2, 0.25) is 0 Å². The van der Waals surface area contributed by atoms with Gasteiger partial charge in [0, 0.05) is 18.3 Å². The zero-order valence-electron chi connectivity index (χ0n) is 11.8. The number of benzene rings is 1. The van der Waals surface area contributed by atoms with Gasteiger partial charge >= 0.3 is 0 Å². The maximum absolute atomic E-state index is 13.8. The molecule has 21 heavy (non-hydrogen) atoms. The Bertz CT molecular complexity index is 770. The lowest BCUT2D eigenvalue weighted by atomic mass is 10.2. The van der Waals surface area contributed by atoms with Crippen molar-refractivity contribution in [3.63, 3.8) is 0 Å². The Hall–Kier alpha value is -1.96. The number of halogens is 2. The van der Waals surface area contributed by atoms with Crippen LogP contribution in [-0.4, -0.2) is 18.2 Å². The highest BCUT2D eigenvalue weighted by molar-refractivity contribution is 7.92. The fraction of sp³-hybridized carbons (Fsp3) is 0.308. The predicted molar refractivity (Wildman–Crippen MR) is 74.5 cm³/mol. The van der Waals surface area contributed by atoms with Gasteiger partial charge < -0.3 is 0 Å². The Morgan fingerprint density at radius 1 is 1.24 bits per heavy atom. The molecule has 0 atom stereocenters. The maximum Gasteiger partial charge on any atom is 0.266 e. The van der Waals surface area contributed by atoms with Gasteiger partial charge in [-0.2, -0.15) is 5.10 Å². The molecule has 1 heterocycles. The highest BCUT2D eigenvalue weighted by Crippen LogP contribution is 2.21. The Morgan fingerprint density at radius 3 is 2.48 bits per heavy atom. The third-order valence-corrected chi connectivity index (χ3v) is 4.25. The first-order valence-electron chi connectivity index (χ1n) is 6.24. The van der Waals surface area contributed by atoms with Crippen LogP contribution in [0, 0.1) is 18.6 Å². The maximum atomic E-state index is 13.8. The molecule has 2 aromatic rings. The normalized spacial score (nSPS) is 11.9. The molecule has 0 aliphatic rings. The van der Waals surface area contributed by atoms with E-state index in [-0.39, 0.29) is 17.4 Å². The molecule has 0 spiro atoms. The second kappa shape index (κ2) is 5.44. The number of sulfonamides is 1. The summed E-state index contributed by atoms with van der Waals surface area (Å²) in [6, 6.07) is 3.00. The Kier molecular flexibility index (Phi) is 3.99. The average molecular weight is 315 g/mol. The van der Waals surface area contributed by atoms with Crippen LogP contribution in [0.15, 0.2) is 29.3 Å². The molecule has 8 heteroatoms. The molecule has 0 fully saturated rings. The highest BCUT2D eigenvalue weighted by atomic mass is 32.2. The van der Waals surface area contributed by atoms with E-state index < -0.39 is 26.6 Å². The fourth-order valence-electron chi connectivity index (χ4n) is 1.71. The molecule has 114 valence electrons. The summed E-state index contributed by atoms with van der Waals surface area (Å²) < 4.78 is 55.1. The lowest BCUT2D eigenvalue weighted by molar-refractivity contribution is 0.533. The number of aryl methyl sites for hydroxylation is 1. The zero-order valence-corrected chi connectivity index (χ0v) is 12.6. The van der Waals surface area contributed by atoms with Gasteiger partial charge in [0.15, 0.2) is 5.82 Å². The average Bonchev–Trinajstić information content (AvgIpc) is 2.81. The van der Waals surface area contributed by atoms with E-state index in [1.807, 2.05) is 13.8 Å². The molecule has 2 rings (SSSR count). The van der Waals surface area contributed by atoms with E-state index in [1.54, 1.807) is 10.9 Å². The standard InChI is InChI=1S/C13H15F2N3O2S/c1-8(2)18-5-4-13(16-18)17-21(19,20)12-7-10(14)9(3)6-11(12)15/h4-8H,1-3H3,(H,16,17). The van der Waals surface area contributed by atoms with E-state index in [2.05, 4.69) is 9.82 Å². The topological polar surface area (TPSA) is 64.0 Å². The third-order valence-electron chi connectivity index (χ3n) is 2.88. The summed E-state index contributed by atoms with van der Waals surface area (Å²) in [5.41, 5.74) is 0.0375. The monoisotopic (exact) mass is 315 g/mol. The largest absolute Gasteiger partial charge is 0.268 e. The van der Waals surface area contributed by atoms with E-state index >= 15 is 0 Å². The van der Waals surface area contributed by atoms with Crippen molar-refractivity contribution in [2.45, 2.75) is 31.7 Å². The molecule has 0 amide bonds. The predicted octanol–water partition coefficient (Wildman–Crippen LogP) is 2.85. The van der Waals surface area contributed by atoms with E-state index in [4.69, 9.17) is 0 Å². The van der Waals surface area contributed by atoms with Crippen molar-refractivity contribution in [3.8, 4) is 0 Å². The van der Waals surface area contributed by atoms with Crippen LogP contribution in [0.1, 0.15) is 25.5 Å². The summed E-state index contributed by atoms with van der Waals surface area (Å²) in [5, 5.41) is 4.00. The van der Waals surface area contributed by atoms with Crippen LogP contribution in [-0.2, 0) is 10.0 Å². The Morgan fingerprint density at radius 2 is 1.90 bits per heavy atom. The van der Waals surface area contributed by atoms with Gasteiger partial charge in [-0.05, 0) is 38.5 Å². The second-order valence-electron chi connectivity index (χ2n) is 4.91. The lowest BCUT2D eigenvalue weighted by Crippen LogP contribution is -2.16. The van der Waals surface area contributed by atoms with Gasteiger partial charge in [-0.1, -0.05) is 0 Å². The van der Waals surface area contributed by atoms with E-state index in [0.29, 0.717) is 6.07 Å². The van der Waals surface area contributed by atoms with Crippen LogP contribution in [0.25, 0.3) is 0 Å². The second-order valence-corrected chi connectivity index (χ2v) is 6.56. The van der Waals surface area contributed by atoms with Gasteiger partial charge in [-0.3, -0.25) is 9.40 Å². The van der Waals surface area contributed by atoms with Crippen LogP contribution in [0.5, 0.6) is 0 Å². The number of rotatable bonds is 4. The lowest BCUT2D eigenvalue weighted by Gasteiger charge is -2.08. The zero-order chi connectivity index (χ0) is 15.8. The van der Waals surface area contributed by atoms with Crippen molar-refractivity contribution in [2.75, 3.05) is 4.72 Å². The van der Waals surface area contributed by atoms with Crippen molar-refractivity contribution in [2.24, 2.45) is 0 Å². The number of aromatic nitrogens is 2. The van der Waals surface area contributed by atoms with Gasteiger partial charge in [-0.15, -0.1) is 0 Å². The number of hydrogen-bond donors (Lipinski definition) is 1. The Balaban J connectivity index is 2.36. The SMILES string of the molecule is Cc1cc(F)c(S(=O)(=O)Nc2ccn(C(C)C)n2)cc1F. The van der Waals surface area contributed by atoms with Crippen molar-refractivity contribution in [1.82, 2.24) is 9.78 Å². The molecule has 0 unspecified atom stereocenters.